The van der Waals surface area contributed by atoms with Crippen LogP contribution in [0.2, 0.25) is 0 Å². The lowest BCUT2D eigenvalue weighted by molar-refractivity contribution is 0.1000. The molecule has 98 valence electrons. The van der Waals surface area contributed by atoms with Crippen LogP contribution in [0.1, 0.15) is 10.4 Å². The van der Waals surface area contributed by atoms with Crippen LogP contribution >= 0.6 is 0 Å². The van der Waals surface area contributed by atoms with Crippen molar-refractivity contribution in [3.8, 4) is 0 Å². The number of benzene rings is 1. The van der Waals surface area contributed by atoms with E-state index in [0.717, 1.165) is 0 Å². The third-order valence-corrected chi connectivity index (χ3v) is 4.77. The van der Waals surface area contributed by atoms with Gasteiger partial charge in [0.1, 0.15) is 0 Å². The van der Waals surface area contributed by atoms with E-state index in [-0.39, 0.29) is 4.90 Å². The van der Waals surface area contributed by atoms with Gasteiger partial charge in [-0.15, -0.1) is 0 Å². The smallest absolute Gasteiger partial charge is 0.248 e. The number of hydrogen-bond acceptors (Lipinski definition) is 4. The summed E-state index contributed by atoms with van der Waals surface area (Å²) in [5, 5.41) is 3.10. The normalized spacial score (nSPS) is 17.6. The first-order valence-electron chi connectivity index (χ1n) is 5.62. The highest BCUT2D eigenvalue weighted by molar-refractivity contribution is 7.89. The van der Waals surface area contributed by atoms with Crippen LogP contribution < -0.4 is 11.1 Å². The zero-order chi connectivity index (χ0) is 13.2. The lowest BCUT2D eigenvalue weighted by Gasteiger charge is -2.26. The standard InChI is InChI=1S/C11H15N3O3S/c12-11(15)9-1-3-10(4-2-9)18(16,17)14-7-5-13-6-8-14/h1-4,13H,5-8H2,(H2,12,15). The molecule has 0 aromatic heterocycles. The molecule has 1 saturated heterocycles. The summed E-state index contributed by atoms with van der Waals surface area (Å²) in [6, 6.07) is 5.68. The summed E-state index contributed by atoms with van der Waals surface area (Å²) in [6.45, 7) is 2.22. The molecule has 0 bridgehead atoms. The van der Waals surface area contributed by atoms with Gasteiger partial charge in [-0.2, -0.15) is 4.31 Å². The monoisotopic (exact) mass is 269 g/mol. The van der Waals surface area contributed by atoms with Gasteiger partial charge in [0.2, 0.25) is 15.9 Å². The van der Waals surface area contributed by atoms with Gasteiger partial charge in [0.05, 0.1) is 4.90 Å². The maximum Gasteiger partial charge on any atom is 0.248 e. The average Bonchev–Trinajstić information content (AvgIpc) is 2.40. The molecule has 1 amide bonds. The van der Waals surface area contributed by atoms with E-state index < -0.39 is 15.9 Å². The molecule has 1 aliphatic rings. The lowest BCUT2D eigenvalue weighted by Crippen LogP contribution is -2.46. The number of amides is 1. The first-order chi connectivity index (χ1) is 8.51. The first kappa shape index (κ1) is 13.0. The number of nitrogens with one attached hydrogen (secondary N) is 1. The second-order valence-electron chi connectivity index (χ2n) is 4.04. The van der Waals surface area contributed by atoms with Crippen molar-refractivity contribution in [2.45, 2.75) is 4.90 Å². The Morgan fingerprint density at radius 1 is 1.17 bits per heavy atom. The SMILES string of the molecule is NC(=O)c1ccc(S(=O)(=O)N2CCNCC2)cc1. The first-order valence-corrected chi connectivity index (χ1v) is 7.06. The van der Waals surface area contributed by atoms with Gasteiger partial charge in [0, 0.05) is 31.7 Å². The van der Waals surface area contributed by atoms with Crippen molar-refractivity contribution in [1.82, 2.24) is 9.62 Å². The molecular weight excluding hydrogens is 254 g/mol. The Hall–Kier alpha value is -1.44. The van der Waals surface area contributed by atoms with Crippen molar-refractivity contribution in [3.05, 3.63) is 29.8 Å². The topological polar surface area (TPSA) is 92.5 Å². The highest BCUT2D eigenvalue weighted by Gasteiger charge is 2.25. The van der Waals surface area contributed by atoms with E-state index in [1.807, 2.05) is 0 Å². The number of sulfonamides is 1. The fourth-order valence-corrected chi connectivity index (χ4v) is 3.27. The number of piperazine rings is 1. The van der Waals surface area contributed by atoms with Crippen LogP contribution in [0.3, 0.4) is 0 Å². The summed E-state index contributed by atoms with van der Waals surface area (Å²) >= 11 is 0. The fourth-order valence-electron chi connectivity index (χ4n) is 1.82. The fraction of sp³-hybridized carbons (Fsp3) is 0.364. The number of rotatable bonds is 3. The van der Waals surface area contributed by atoms with Crippen molar-refractivity contribution in [3.63, 3.8) is 0 Å². The molecule has 1 heterocycles. The summed E-state index contributed by atoms with van der Waals surface area (Å²) in [6.07, 6.45) is 0. The molecule has 2 rings (SSSR count). The van der Waals surface area contributed by atoms with Gasteiger partial charge in [-0.3, -0.25) is 4.79 Å². The highest BCUT2D eigenvalue weighted by atomic mass is 32.2. The van der Waals surface area contributed by atoms with Crippen LogP contribution in [-0.2, 0) is 10.0 Å². The predicted octanol–water partition coefficient (Wildman–Crippen LogP) is -0.621. The average molecular weight is 269 g/mol. The molecule has 1 fully saturated rings. The van der Waals surface area contributed by atoms with E-state index >= 15 is 0 Å². The molecule has 6 nitrogen and oxygen atoms in total. The Bertz CT molecular complexity index is 533. The number of nitrogens with two attached hydrogens (primary N) is 1. The maximum absolute atomic E-state index is 12.3. The highest BCUT2D eigenvalue weighted by Crippen LogP contribution is 2.16. The summed E-state index contributed by atoms with van der Waals surface area (Å²) in [7, 11) is -3.46. The molecule has 0 spiro atoms. The number of primary amides is 1. The van der Waals surface area contributed by atoms with E-state index in [2.05, 4.69) is 5.32 Å². The summed E-state index contributed by atoms with van der Waals surface area (Å²) in [5.41, 5.74) is 5.41. The van der Waals surface area contributed by atoms with Crippen molar-refractivity contribution in [1.29, 1.82) is 0 Å². The van der Waals surface area contributed by atoms with Gasteiger partial charge in [0.25, 0.3) is 0 Å². The van der Waals surface area contributed by atoms with Crippen molar-refractivity contribution < 1.29 is 13.2 Å². The molecular formula is C11H15N3O3S. The van der Waals surface area contributed by atoms with Crippen LogP contribution in [0.25, 0.3) is 0 Å². The molecule has 7 heteroatoms. The van der Waals surface area contributed by atoms with Gasteiger partial charge in [-0.25, -0.2) is 8.42 Å². The molecule has 1 aromatic carbocycles. The third-order valence-electron chi connectivity index (χ3n) is 2.85. The Morgan fingerprint density at radius 3 is 2.22 bits per heavy atom. The van der Waals surface area contributed by atoms with E-state index in [1.165, 1.54) is 28.6 Å². The van der Waals surface area contributed by atoms with E-state index in [0.29, 0.717) is 31.7 Å². The van der Waals surface area contributed by atoms with Crippen molar-refractivity contribution >= 4 is 15.9 Å². The quantitative estimate of drug-likeness (QED) is 0.765. The van der Waals surface area contributed by atoms with Gasteiger partial charge in [0.15, 0.2) is 0 Å². The molecule has 3 N–H and O–H groups in total. The molecule has 1 aromatic rings. The van der Waals surface area contributed by atoms with Gasteiger partial charge in [-0.1, -0.05) is 0 Å². The van der Waals surface area contributed by atoms with E-state index in [9.17, 15) is 13.2 Å². The zero-order valence-corrected chi connectivity index (χ0v) is 10.6. The summed E-state index contributed by atoms with van der Waals surface area (Å²) in [5.74, 6) is -0.568. The number of nitrogens with zero attached hydrogens (tertiary/aromatic N) is 1. The maximum atomic E-state index is 12.3. The molecule has 0 radical (unpaired) electrons. The predicted molar refractivity (Wildman–Crippen MR) is 66.6 cm³/mol. The molecule has 0 aliphatic carbocycles. The van der Waals surface area contributed by atoms with Crippen LogP contribution in [0.15, 0.2) is 29.2 Å². The van der Waals surface area contributed by atoms with Gasteiger partial charge in [-0.05, 0) is 24.3 Å². The van der Waals surface area contributed by atoms with E-state index in [4.69, 9.17) is 5.73 Å². The Kier molecular flexibility index (Phi) is 3.65. The van der Waals surface area contributed by atoms with Gasteiger partial charge >= 0.3 is 0 Å². The number of carbonyl (C=O) groups excluding carboxylic acids is 1. The van der Waals surface area contributed by atoms with Crippen LogP contribution in [0.5, 0.6) is 0 Å². The van der Waals surface area contributed by atoms with Crippen LogP contribution in [0, 0.1) is 0 Å². The van der Waals surface area contributed by atoms with Crippen molar-refractivity contribution in [2.75, 3.05) is 26.2 Å². The second kappa shape index (κ2) is 5.05. The molecule has 0 atom stereocenters. The number of hydrogen-bond donors (Lipinski definition) is 2. The minimum atomic E-state index is -3.46. The third kappa shape index (κ3) is 2.53. The minimum Gasteiger partial charge on any atom is -0.366 e. The van der Waals surface area contributed by atoms with Crippen molar-refractivity contribution in [2.24, 2.45) is 5.73 Å². The Morgan fingerprint density at radius 2 is 1.72 bits per heavy atom. The number of carbonyl (C=O) groups is 1. The summed E-state index contributed by atoms with van der Waals surface area (Å²) < 4.78 is 25.9. The lowest BCUT2D eigenvalue weighted by atomic mass is 10.2. The second-order valence-corrected chi connectivity index (χ2v) is 5.98. The summed E-state index contributed by atoms with van der Waals surface area (Å²) in [4.78, 5) is 11.1. The Labute approximate surface area is 106 Å². The van der Waals surface area contributed by atoms with Crippen LogP contribution in [-0.4, -0.2) is 44.8 Å². The van der Waals surface area contributed by atoms with Gasteiger partial charge < -0.3 is 11.1 Å². The minimum absolute atomic E-state index is 0.189. The molecule has 1 aliphatic heterocycles. The van der Waals surface area contributed by atoms with Crippen LogP contribution in [0.4, 0.5) is 0 Å². The molecule has 18 heavy (non-hydrogen) atoms. The largest absolute Gasteiger partial charge is 0.366 e. The zero-order valence-electron chi connectivity index (χ0n) is 9.80. The van der Waals surface area contributed by atoms with E-state index in [1.54, 1.807) is 0 Å². The molecule has 0 unspecified atom stereocenters. The molecule has 0 saturated carbocycles. The Balaban J connectivity index is 2.26.